The molecule has 0 aromatic heterocycles. The molecule has 0 aliphatic carbocycles. The summed E-state index contributed by atoms with van der Waals surface area (Å²) < 4.78 is 0. The molecule has 2 rings (SSSR count). The topological polar surface area (TPSA) is 56.1 Å². The summed E-state index contributed by atoms with van der Waals surface area (Å²) in [6.45, 7) is 3.73. The van der Waals surface area contributed by atoms with Crippen LogP contribution >= 0.6 is 0 Å². The second-order valence-corrected chi connectivity index (χ2v) is 4.27. The van der Waals surface area contributed by atoms with Gasteiger partial charge in [0.05, 0.1) is 17.1 Å². The number of nitrogens with zero attached hydrogens (tertiary/aromatic N) is 1. The molecule has 0 saturated carbocycles. The van der Waals surface area contributed by atoms with E-state index in [9.17, 15) is 4.79 Å². The maximum Gasteiger partial charge on any atom is 0.249 e. The Morgan fingerprint density at radius 2 is 2.07 bits per heavy atom. The van der Waals surface area contributed by atoms with Gasteiger partial charge in [-0.2, -0.15) is 0 Å². The minimum atomic E-state index is -0.569. The summed E-state index contributed by atoms with van der Waals surface area (Å²) in [4.78, 5) is 13.7. The lowest BCUT2D eigenvalue weighted by Crippen LogP contribution is -2.54. The van der Waals surface area contributed by atoms with Gasteiger partial charge in [-0.05, 0) is 26.0 Å². The minimum Gasteiger partial charge on any atom is -0.359 e. The van der Waals surface area contributed by atoms with Crippen LogP contribution in [-0.2, 0) is 4.79 Å². The number of amides is 1. The van der Waals surface area contributed by atoms with Gasteiger partial charge < -0.3 is 10.2 Å². The van der Waals surface area contributed by atoms with E-state index in [2.05, 4.69) is 5.32 Å². The zero-order valence-corrected chi connectivity index (χ0v) is 9.09. The molecule has 15 heavy (non-hydrogen) atoms. The minimum absolute atomic E-state index is 0.0720. The highest BCUT2D eigenvalue weighted by Crippen LogP contribution is 2.39. The molecule has 4 nitrogen and oxygen atoms in total. The second kappa shape index (κ2) is 2.89. The van der Waals surface area contributed by atoms with Crippen LogP contribution in [0.3, 0.4) is 0 Å². The monoisotopic (exact) mass is 204 g/mol. The maximum absolute atomic E-state index is 11.8. The van der Waals surface area contributed by atoms with Gasteiger partial charge in [-0.3, -0.25) is 10.5 Å². The lowest BCUT2D eigenvalue weighted by molar-refractivity contribution is -0.120. The fraction of sp³-hybridized carbons (Fsp3) is 0.364. The predicted molar refractivity (Wildman–Crippen MR) is 60.3 cm³/mol. The van der Waals surface area contributed by atoms with Gasteiger partial charge in [-0.25, -0.2) is 0 Å². The van der Waals surface area contributed by atoms with Crippen LogP contribution in [0.4, 0.5) is 17.1 Å². The summed E-state index contributed by atoms with van der Waals surface area (Å²) in [5.74, 6) is -0.0720. The molecule has 0 spiro atoms. The van der Waals surface area contributed by atoms with Crippen LogP contribution in [0.15, 0.2) is 18.2 Å². The number of nitrogens with one attached hydrogen (secondary N) is 2. The van der Waals surface area contributed by atoms with Crippen molar-refractivity contribution in [2.75, 3.05) is 17.3 Å². The quantitative estimate of drug-likeness (QED) is 0.700. The first-order valence-corrected chi connectivity index (χ1v) is 4.84. The Kier molecular flexibility index (Phi) is 1.89. The number of anilines is 2. The smallest absolute Gasteiger partial charge is 0.249 e. The van der Waals surface area contributed by atoms with E-state index in [-0.39, 0.29) is 5.91 Å². The molecule has 1 aromatic carbocycles. The van der Waals surface area contributed by atoms with Gasteiger partial charge in [0.2, 0.25) is 5.91 Å². The summed E-state index contributed by atoms with van der Waals surface area (Å²) in [5.41, 5.74) is 9.00. The van der Waals surface area contributed by atoms with Crippen molar-refractivity contribution in [2.24, 2.45) is 0 Å². The fourth-order valence-electron chi connectivity index (χ4n) is 1.67. The zero-order chi connectivity index (χ0) is 11.2. The summed E-state index contributed by atoms with van der Waals surface area (Å²) in [6.07, 6.45) is 0. The molecule has 0 unspecified atom stereocenters. The van der Waals surface area contributed by atoms with E-state index in [0.717, 1.165) is 5.69 Å². The average molecular weight is 204 g/mol. The Morgan fingerprint density at radius 3 is 2.73 bits per heavy atom. The molecular formula is C11H14N3O. The van der Waals surface area contributed by atoms with Crippen LogP contribution < -0.4 is 16.0 Å². The number of fused-ring (bicyclic) bond motifs is 1. The van der Waals surface area contributed by atoms with Crippen LogP contribution in [0.1, 0.15) is 13.8 Å². The van der Waals surface area contributed by atoms with Crippen LogP contribution in [0.25, 0.3) is 0 Å². The third-order valence-corrected chi connectivity index (χ3v) is 3.04. The van der Waals surface area contributed by atoms with Crippen LogP contribution in [0, 0.1) is 0 Å². The molecule has 1 amide bonds. The number of hydrogen-bond acceptors (Lipinski definition) is 2. The van der Waals surface area contributed by atoms with Crippen molar-refractivity contribution in [2.45, 2.75) is 19.4 Å². The number of rotatable bonds is 0. The Bertz CT molecular complexity index is 426. The van der Waals surface area contributed by atoms with Crippen molar-refractivity contribution >= 4 is 23.0 Å². The highest BCUT2D eigenvalue weighted by Gasteiger charge is 2.38. The predicted octanol–water partition coefficient (Wildman–Crippen LogP) is 1.77. The largest absolute Gasteiger partial charge is 0.359 e. The molecule has 1 heterocycles. The lowest BCUT2D eigenvalue weighted by atomic mass is 9.97. The zero-order valence-electron chi connectivity index (χ0n) is 9.09. The molecule has 0 bridgehead atoms. The number of likely N-dealkylation sites (N-methyl/N-ethyl adjacent to an activating group) is 1. The van der Waals surface area contributed by atoms with E-state index in [0.29, 0.717) is 11.4 Å². The molecule has 79 valence electrons. The Morgan fingerprint density at radius 1 is 1.40 bits per heavy atom. The number of benzene rings is 1. The van der Waals surface area contributed by atoms with E-state index in [4.69, 9.17) is 5.73 Å². The Hall–Kier alpha value is -1.71. The molecular weight excluding hydrogens is 190 g/mol. The molecule has 1 aliphatic rings. The summed E-state index contributed by atoms with van der Waals surface area (Å²) >= 11 is 0. The summed E-state index contributed by atoms with van der Waals surface area (Å²) in [6, 6.07) is 5.41. The first-order valence-electron chi connectivity index (χ1n) is 4.84. The number of carbonyl (C=O) groups excluding carboxylic acids is 1. The highest BCUT2D eigenvalue weighted by atomic mass is 16.2. The maximum atomic E-state index is 11.8. The second-order valence-electron chi connectivity index (χ2n) is 4.27. The van der Waals surface area contributed by atoms with Crippen LogP contribution in [0.5, 0.6) is 0 Å². The fourth-order valence-corrected chi connectivity index (χ4v) is 1.67. The molecule has 4 heteroatoms. The van der Waals surface area contributed by atoms with Gasteiger partial charge in [0.15, 0.2) is 0 Å². The normalized spacial score (nSPS) is 18.3. The van der Waals surface area contributed by atoms with Gasteiger partial charge in [-0.1, -0.05) is 6.07 Å². The van der Waals surface area contributed by atoms with Crippen molar-refractivity contribution in [3.05, 3.63) is 18.2 Å². The van der Waals surface area contributed by atoms with Gasteiger partial charge >= 0.3 is 0 Å². The number of carbonyl (C=O) groups is 1. The number of hydrogen-bond donors (Lipinski definition) is 1. The summed E-state index contributed by atoms with van der Waals surface area (Å²) in [7, 11) is 1.87. The van der Waals surface area contributed by atoms with E-state index in [1.165, 1.54) is 0 Å². The van der Waals surface area contributed by atoms with E-state index < -0.39 is 5.54 Å². The van der Waals surface area contributed by atoms with Gasteiger partial charge in [0.1, 0.15) is 5.54 Å². The molecule has 0 fully saturated rings. The Balaban J connectivity index is 2.61. The van der Waals surface area contributed by atoms with Gasteiger partial charge in [-0.15, -0.1) is 0 Å². The molecule has 2 N–H and O–H groups in total. The number of para-hydroxylation sites is 1. The van der Waals surface area contributed by atoms with Crippen molar-refractivity contribution < 1.29 is 4.79 Å². The van der Waals surface area contributed by atoms with Crippen molar-refractivity contribution in [1.29, 1.82) is 0 Å². The van der Waals surface area contributed by atoms with E-state index in [1.807, 2.05) is 37.9 Å². The third-order valence-electron chi connectivity index (χ3n) is 3.04. The highest BCUT2D eigenvalue weighted by molar-refractivity contribution is 6.08. The lowest BCUT2D eigenvalue weighted by Gasteiger charge is -2.41. The first-order chi connectivity index (χ1) is 6.94. The van der Waals surface area contributed by atoms with Gasteiger partial charge in [0.25, 0.3) is 0 Å². The Labute approximate surface area is 89.1 Å². The average Bonchev–Trinajstić information content (AvgIpc) is 2.18. The molecule has 1 aromatic rings. The third kappa shape index (κ3) is 1.25. The van der Waals surface area contributed by atoms with Crippen LogP contribution in [0.2, 0.25) is 0 Å². The first kappa shape index (κ1) is 9.83. The molecule has 1 aliphatic heterocycles. The van der Waals surface area contributed by atoms with Crippen molar-refractivity contribution in [3.63, 3.8) is 0 Å². The van der Waals surface area contributed by atoms with Crippen LogP contribution in [-0.4, -0.2) is 18.5 Å². The van der Waals surface area contributed by atoms with E-state index >= 15 is 0 Å². The molecule has 1 radical (unpaired) electrons. The summed E-state index contributed by atoms with van der Waals surface area (Å²) in [5, 5.41) is 2.78. The standard InChI is InChI=1S/C11H14N3O/c1-11(2)10(15)13-9-7(12)5-4-6-8(9)14(11)3/h4-6,12H,1-3H3,(H,13,15). The molecule has 0 atom stereocenters. The van der Waals surface area contributed by atoms with E-state index in [1.54, 1.807) is 6.07 Å². The SMILES string of the molecule is CN1c2cccc([NH])c2NC(=O)C1(C)C. The molecule has 0 saturated heterocycles. The van der Waals surface area contributed by atoms with Crippen molar-refractivity contribution in [1.82, 2.24) is 5.73 Å². The van der Waals surface area contributed by atoms with Gasteiger partial charge in [0, 0.05) is 7.05 Å². The van der Waals surface area contributed by atoms with Crippen molar-refractivity contribution in [3.8, 4) is 0 Å².